The molecule has 4 aromatic rings. The first kappa shape index (κ1) is 23.3. The van der Waals surface area contributed by atoms with Gasteiger partial charge in [0.15, 0.2) is 5.75 Å². The summed E-state index contributed by atoms with van der Waals surface area (Å²) in [6.45, 7) is 0. The van der Waals surface area contributed by atoms with Crippen LogP contribution in [0.4, 0.5) is 10.1 Å². The van der Waals surface area contributed by atoms with Crippen LogP contribution in [0.1, 0.15) is 11.1 Å². The van der Waals surface area contributed by atoms with E-state index in [-0.39, 0.29) is 16.3 Å². The summed E-state index contributed by atoms with van der Waals surface area (Å²) < 4.78 is 53.1. The Kier molecular flexibility index (Phi) is 6.63. The summed E-state index contributed by atoms with van der Waals surface area (Å²) in [7, 11) is -4.05. The molecule has 0 saturated carbocycles. The third-order valence-corrected chi connectivity index (χ3v) is 6.13. The van der Waals surface area contributed by atoms with E-state index in [1.54, 1.807) is 54.6 Å². The van der Waals surface area contributed by atoms with Gasteiger partial charge in [0.25, 0.3) is 10.0 Å². The third kappa shape index (κ3) is 5.74. The van der Waals surface area contributed by atoms with Crippen LogP contribution in [0.2, 0.25) is 0 Å². The van der Waals surface area contributed by atoms with Crippen molar-refractivity contribution in [2.24, 2.45) is 0 Å². The predicted octanol–water partition coefficient (Wildman–Crippen LogP) is 5.95. The van der Waals surface area contributed by atoms with Crippen LogP contribution in [0, 0.1) is 28.5 Å². The van der Waals surface area contributed by atoms with Crippen molar-refractivity contribution < 1.29 is 22.3 Å². The van der Waals surface area contributed by atoms with Gasteiger partial charge in [-0.15, -0.1) is 0 Å². The molecule has 7 nitrogen and oxygen atoms in total. The molecule has 0 spiro atoms. The average molecular weight is 485 g/mol. The summed E-state index contributed by atoms with van der Waals surface area (Å²) >= 11 is 0. The molecule has 0 aliphatic carbocycles. The first-order valence-corrected chi connectivity index (χ1v) is 11.6. The van der Waals surface area contributed by atoms with Gasteiger partial charge in [0.1, 0.15) is 23.1 Å². The lowest BCUT2D eigenvalue weighted by Gasteiger charge is -2.15. The van der Waals surface area contributed by atoms with Crippen molar-refractivity contribution in [3.05, 3.63) is 108 Å². The standard InChI is InChI=1S/C26H16FN3O4S/c27-20-5-12-24(13-6-20)35(31,32)30-25-14-11-23(33-21-7-1-18(16-28)2-8-21)15-26(25)34-22-9-3-19(17-29)4-10-22/h1-15,30H. The molecule has 0 atom stereocenters. The molecule has 0 amide bonds. The van der Waals surface area contributed by atoms with E-state index in [9.17, 15) is 12.8 Å². The highest BCUT2D eigenvalue weighted by Crippen LogP contribution is 2.36. The number of rotatable bonds is 7. The maximum Gasteiger partial charge on any atom is 0.262 e. The molecule has 4 rings (SSSR count). The Bertz CT molecular complexity index is 1540. The van der Waals surface area contributed by atoms with Crippen molar-refractivity contribution in [1.29, 1.82) is 10.5 Å². The number of nitriles is 2. The highest BCUT2D eigenvalue weighted by atomic mass is 32.2. The van der Waals surface area contributed by atoms with E-state index < -0.39 is 15.8 Å². The number of hydrogen-bond acceptors (Lipinski definition) is 6. The second kappa shape index (κ2) is 9.96. The number of sulfonamides is 1. The molecular formula is C26H16FN3O4S. The first-order valence-electron chi connectivity index (χ1n) is 10.1. The van der Waals surface area contributed by atoms with Gasteiger partial charge in [-0.1, -0.05) is 0 Å². The molecule has 9 heteroatoms. The molecule has 4 aromatic carbocycles. The highest BCUT2D eigenvalue weighted by Gasteiger charge is 2.18. The Morgan fingerprint density at radius 3 is 1.74 bits per heavy atom. The van der Waals surface area contributed by atoms with Crippen LogP contribution in [0.5, 0.6) is 23.0 Å². The van der Waals surface area contributed by atoms with Crippen molar-refractivity contribution in [3.8, 4) is 35.1 Å². The van der Waals surface area contributed by atoms with Gasteiger partial charge in [-0.3, -0.25) is 4.72 Å². The van der Waals surface area contributed by atoms with E-state index in [1.807, 2.05) is 12.1 Å². The summed E-state index contributed by atoms with van der Waals surface area (Å²) in [5.41, 5.74) is 1.03. The zero-order valence-electron chi connectivity index (χ0n) is 18.0. The lowest BCUT2D eigenvalue weighted by atomic mass is 10.2. The molecule has 1 N–H and O–H groups in total. The summed E-state index contributed by atoms with van der Waals surface area (Å²) in [5.74, 6) is 0.752. The third-order valence-electron chi connectivity index (χ3n) is 4.75. The van der Waals surface area contributed by atoms with Crippen LogP contribution >= 0.6 is 0 Å². The molecule has 0 heterocycles. The van der Waals surface area contributed by atoms with Gasteiger partial charge in [-0.2, -0.15) is 10.5 Å². The van der Waals surface area contributed by atoms with Gasteiger partial charge in [0.2, 0.25) is 0 Å². The van der Waals surface area contributed by atoms with Crippen molar-refractivity contribution in [3.63, 3.8) is 0 Å². The van der Waals surface area contributed by atoms with Crippen molar-refractivity contribution in [1.82, 2.24) is 0 Å². The van der Waals surface area contributed by atoms with Crippen LogP contribution in [0.3, 0.4) is 0 Å². The second-order valence-corrected chi connectivity index (χ2v) is 8.88. The van der Waals surface area contributed by atoms with E-state index in [0.717, 1.165) is 24.3 Å². The molecule has 35 heavy (non-hydrogen) atoms. The summed E-state index contributed by atoms with van der Waals surface area (Å²) in [4.78, 5) is -0.124. The van der Waals surface area contributed by atoms with Crippen LogP contribution in [0.15, 0.2) is 95.9 Å². The molecule has 0 fully saturated rings. The lowest BCUT2D eigenvalue weighted by molar-refractivity contribution is 0.461. The molecule has 0 radical (unpaired) electrons. The number of anilines is 1. The lowest BCUT2D eigenvalue weighted by Crippen LogP contribution is -2.13. The zero-order valence-corrected chi connectivity index (χ0v) is 18.8. The first-order chi connectivity index (χ1) is 16.9. The summed E-state index contributed by atoms with van der Waals surface area (Å²) in [6, 6.07) is 25.7. The van der Waals surface area contributed by atoms with Gasteiger partial charge >= 0.3 is 0 Å². The Morgan fingerprint density at radius 1 is 0.686 bits per heavy atom. The second-order valence-electron chi connectivity index (χ2n) is 7.19. The normalized spacial score (nSPS) is 10.6. The highest BCUT2D eigenvalue weighted by molar-refractivity contribution is 7.92. The topological polar surface area (TPSA) is 112 Å². The number of halogens is 1. The van der Waals surface area contributed by atoms with Crippen molar-refractivity contribution in [2.45, 2.75) is 4.90 Å². The maximum atomic E-state index is 13.2. The molecule has 172 valence electrons. The number of ether oxygens (including phenoxy) is 2. The van der Waals surface area contributed by atoms with E-state index in [0.29, 0.717) is 28.4 Å². The number of nitrogens with one attached hydrogen (secondary N) is 1. The van der Waals surface area contributed by atoms with E-state index in [1.165, 1.54) is 12.1 Å². The van der Waals surface area contributed by atoms with Crippen molar-refractivity contribution >= 4 is 15.7 Å². The minimum Gasteiger partial charge on any atom is -0.457 e. The van der Waals surface area contributed by atoms with E-state index >= 15 is 0 Å². The van der Waals surface area contributed by atoms with Gasteiger partial charge < -0.3 is 9.47 Å². The Labute approximate surface area is 201 Å². The van der Waals surface area contributed by atoms with Gasteiger partial charge in [-0.05, 0) is 84.9 Å². The van der Waals surface area contributed by atoms with Gasteiger partial charge in [0.05, 0.1) is 33.8 Å². The average Bonchev–Trinajstić information content (AvgIpc) is 2.87. The number of benzene rings is 4. The SMILES string of the molecule is N#Cc1ccc(Oc2ccc(NS(=O)(=O)c3ccc(F)cc3)c(Oc3ccc(C#N)cc3)c2)cc1. The smallest absolute Gasteiger partial charge is 0.262 e. The van der Waals surface area contributed by atoms with Crippen LogP contribution in [-0.2, 0) is 10.0 Å². The molecule has 0 aromatic heterocycles. The van der Waals surface area contributed by atoms with E-state index in [4.69, 9.17) is 20.0 Å². The fraction of sp³-hybridized carbons (Fsp3) is 0. The van der Waals surface area contributed by atoms with Gasteiger partial charge in [0, 0.05) is 6.07 Å². The van der Waals surface area contributed by atoms with Gasteiger partial charge in [-0.25, -0.2) is 12.8 Å². The Morgan fingerprint density at radius 2 is 1.20 bits per heavy atom. The largest absolute Gasteiger partial charge is 0.457 e. The monoisotopic (exact) mass is 485 g/mol. The molecule has 0 bridgehead atoms. The minimum absolute atomic E-state index is 0.117. The molecule has 0 unspecified atom stereocenters. The fourth-order valence-electron chi connectivity index (χ4n) is 3.01. The Hall–Kier alpha value is -4.86. The van der Waals surface area contributed by atoms with Crippen molar-refractivity contribution in [2.75, 3.05) is 4.72 Å². The molecule has 0 aliphatic rings. The summed E-state index contributed by atoms with van der Waals surface area (Å²) in [5, 5.41) is 17.9. The predicted molar refractivity (Wildman–Crippen MR) is 126 cm³/mol. The maximum absolute atomic E-state index is 13.2. The minimum atomic E-state index is -4.05. The quantitative estimate of drug-likeness (QED) is 0.346. The summed E-state index contributed by atoms with van der Waals surface area (Å²) in [6.07, 6.45) is 0. The molecule has 0 aliphatic heterocycles. The number of hydrogen-bond donors (Lipinski definition) is 1. The van der Waals surface area contributed by atoms with E-state index in [2.05, 4.69) is 4.72 Å². The molecular weight excluding hydrogens is 469 g/mol. The van der Waals surface area contributed by atoms with Crippen LogP contribution < -0.4 is 14.2 Å². The fourth-order valence-corrected chi connectivity index (χ4v) is 4.08. The number of nitrogens with zero attached hydrogens (tertiary/aromatic N) is 2. The molecule has 0 saturated heterocycles. The van der Waals surface area contributed by atoms with Crippen LogP contribution in [0.25, 0.3) is 0 Å². The Balaban J connectivity index is 1.67. The zero-order chi connectivity index (χ0) is 24.8. The van der Waals surface area contributed by atoms with Crippen LogP contribution in [-0.4, -0.2) is 8.42 Å².